The summed E-state index contributed by atoms with van der Waals surface area (Å²) in [6.45, 7) is 0.753. The summed E-state index contributed by atoms with van der Waals surface area (Å²) in [5.74, 6) is 1.29. The summed E-state index contributed by atoms with van der Waals surface area (Å²) in [7, 11) is 2.03. The van der Waals surface area contributed by atoms with Crippen molar-refractivity contribution >= 4 is 11.0 Å². The summed E-state index contributed by atoms with van der Waals surface area (Å²) in [6.07, 6.45) is 7.28. The molecule has 1 aromatic carbocycles. The number of hydrogen-bond acceptors (Lipinski definition) is 2. The maximum atomic E-state index is 6.01. The lowest BCUT2D eigenvalue weighted by Crippen LogP contribution is -2.19. The van der Waals surface area contributed by atoms with E-state index in [9.17, 15) is 0 Å². The topological polar surface area (TPSA) is 43.8 Å². The lowest BCUT2D eigenvalue weighted by molar-refractivity contribution is 0.440. The van der Waals surface area contributed by atoms with Crippen LogP contribution in [0.25, 0.3) is 11.0 Å². The molecule has 0 bridgehead atoms. The average Bonchev–Trinajstić information content (AvgIpc) is 3.01. The van der Waals surface area contributed by atoms with Crippen LogP contribution < -0.4 is 5.73 Å². The van der Waals surface area contributed by atoms with Gasteiger partial charge < -0.3 is 10.3 Å². The Kier molecular flexibility index (Phi) is 3.08. The van der Waals surface area contributed by atoms with Crippen LogP contribution >= 0.6 is 0 Å². The van der Waals surface area contributed by atoms with Crippen molar-refractivity contribution in [3.8, 4) is 0 Å². The van der Waals surface area contributed by atoms with Crippen LogP contribution in [0.1, 0.15) is 37.2 Å². The molecule has 3 heteroatoms. The third-order valence-electron chi connectivity index (χ3n) is 4.40. The number of aryl methyl sites for hydroxylation is 1. The predicted octanol–water partition coefficient (Wildman–Crippen LogP) is 2.81. The van der Waals surface area contributed by atoms with Crippen molar-refractivity contribution < 1.29 is 0 Å². The molecule has 1 atom stereocenters. The second kappa shape index (κ2) is 4.73. The maximum Gasteiger partial charge on any atom is 0.0955 e. The number of imidazole rings is 1. The first kappa shape index (κ1) is 11.7. The minimum absolute atomic E-state index is 0.513. The highest BCUT2D eigenvalue weighted by atomic mass is 15.0. The Morgan fingerprint density at radius 2 is 2.17 bits per heavy atom. The summed E-state index contributed by atoms with van der Waals surface area (Å²) in [4.78, 5) is 4.44. The zero-order chi connectivity index (χ0) is 12.5. The average molecular weight is 243 g/mol. The molecule has 1 fully saturated rings. The number of fused-ring (bicyclic) bond motifs is 1. The van der Waals surface area contributed by atoms with Crippen molar-refractivity contribution in [1.82, 2.24) is 9.55 Å². The first-order valence-corrected chi connectivity index (χ1v) is 6.90. The van der Waals surface area contributed by atoms with Gasteiger partial charge in [0, 0.05) is 7.05 Å². The second-order valence-corrected chi connectivity index (χ2v) is 5.49. The molecule has 1 saturated carbocycles. The van der Waals surface area contributed by atoms with Crippen molar-refractivity contribution in [3.05, 3.63) is 30.1 Å². The first-order chi connectivity index (χ1) is 8.79. The predicted molar refractivity (Wildman–Crippen MR) is 74.5 cm³/mol. The maximum absolute atomic E-state index is 6.01. The summed E-state index contributed by atoms with van der Waals surface area (Å²) in [6, 6.07) is 6.64. The van der Waals surface area contributed by atoms with Gasteiger partial charge in [-0.15, -0.1) is 0 Å². The fourth-order valence-electron chi connectivity index (χ4n) is 3.34. The molecule has 3 rings (SSSR count). The molecule has 1 aromatic heterocycles. The highest BCUT2D eigenvalue weighted by Gasteiger charge is 2.25. The van der Waals surface area contributed by atoms with Crippen molar-refractivity contribution in [2.24, 2.45) is 18.7 Å². The van der Waals surface area contributed by atoms with Gasteiger partial charge in [0.05, 0.1) is 17.4 Å². The number of rotatable bonds is 3. The smallest absolute Gasteiger partial charge is 0.0955 e. The van der Waals surface area contributed by atoms with E-state index >= 15 is 0 Å². The van der Waals surface area contributed by atoms with Gasteiger partial charge in [-0.25, -0.2) is 4.98 Å². The highest BCUT2D eigenvalue weighted by Crippen LogP contribution is 2.37. The molecule has 3 nitrogen and oxygen atoms in total. The molecule has 1 aliphatic carbocycles. The van der Waals surface area contributed by atoms with Gasteiger partial charge in [0.2, 0.25) is 0 Å². The van der Waals surface area contributed by atoms with Crippen molar-refractivity contribution in [2.75, 3.05) is 6.54 Å². The molecule has 18 heavy (non-hydrogen) atoms. The van der Waals surface area contributed by atoms with E-state index in [0.29, 0.717) is 5.92 Å². The van der Waals surface area contributed by atoms with Gasteiger partial charge in [-0.1, -0.05) is 18.9 Å². The molecule has 96 valence electrons. The molecular weight excluding hydrogens is 222 g/mol. The van der Waals surface area contributed by atoms with E-state index < -0.39 is 0 Å². The van der Waals surface area contributed by atoms with Gasteiger partial charge in [-0.2, -0.15) is 0 Å². The van der Waals surface area contributed by atoms with Crippen LogP contribution in [0, 0.1) is 5.92 Å². The van der Waals surface area contributed by atoms with E-state index in [1.54, 1.807) is 0 Å². The third-order valence-corrected chi connectivity index (χ3v) is 4.40. The van der Waals surface area contributed by atoms with Gasteiger partial charge in [-0.3, -0.25) is 0 Å². The Labute approximate surface area is 108 Å². The number of benzene rings is 1. The largest absolute Gasteiger partial charge is 0.334 e. The summed E-state index contributed by atoms with van der Waals surface area (Å²) in [5, 5.41) is 0. The van der Waals surface area contributed by atoms with Gasteiger partial charge >= 0.3 is 0 Å². The molecule has 0 saturated heterocycles. The minimum Gasteiger partial charge on any atom is -0.334 e. The number of hydrogen-bond donors (Lipinski definition) is 1. The van der Waals surface area contributed by atoms with E-state index in [4.69, 9.17) is 5.73 Å². The molecule has 0 aliphatic heterocycles. The van der Waals surface area contributed by atoms with Crippen LogP contribution in [0.15, 0.2) is 24.5 Å². The van der Waals surface area contributed by atoms with Gasteiger partial charge in [0.25, 0.3) is 0 Å². The first-order valence-electron chi connectivity index (χ1n) is 6.90. The number of nitrogens with two attached hydrogens (primary N) is 1. The van der Waals surface area contributed by atoms with Crippen molar-refractivity contribution in [1.29, 1.82) is 0 Å². The molecule has 0 amide bonds. The van der Waals surface area contributed by atoms with Crippen LogP contribution in [0.3, 0.4) is 0 Å². The summed E-state index contributed by atoms with van der Waals surface area (Å²) >= 11 is 0. The summed E-state index contributed by atoms with van der Waals surface area (Å²) < 4.78 is 2.06. The highest BCUT2D eigenvalue weighted by molar-refractivity contribution is 5.76. The second-order valence-electron chi connectivity index (χ2n) is 5.49. The van der Waals surface area contributed by atoms with E-state index in [-0.39, 0.29) is 0 Å². The third kappa shape index (κ3) is 1.93. The van der Waals surface area contributed by atoms with E-state index in [0.717, 1.165) is 18.0 Å². The molecular formula is C15H21N3. The van der Waals surface area contributed by atoms with Crippen LogP contribution in [-0.4, -0.2) is 16.1 Å². The Bertz CT molecular complexity index is 538. The van der Waals surface area contributed by atoms with Crippen LogP contribution in [0.5, 0.6) is 0 Å². The standard InChI is InChI=1S/C15H21N3/c1-18-10-17-14-8-12(6-7-15(14)18)13(9-16)11-4-2-3-5-11/h6-8,10-11,13H,2-5,9,16H2,1H3. The van der Waals surface area contributed by atoms with Gasteiger partial charge in [0.1, 0.15) is 0 Å². The number of nitrogens with zero attached hydrogens (tertiary/aromatic N) is 2. The molecule has 2 aromatic rings. The zero-order valence-electron chi connectivity index (χ0n) is 11.0. The lowest BCUT2D eigenvalue weighted by atomic mass is 9.85. The quantitative estimate of drug-likeness (QED) is 0.901. The van der Waals surface area contributed by atoms with Gasteiger partial charge in [-0.05, 0) is 48.9 Å². The normalized spacial score (nSPS) is 18.6. The molecule has 0 spiro atoms. The van der Waals surface area contributed by atoms with E-state index in [1.807, 2.05) is 13.4 Å². The molecule has 0 radical (unpaired) electrons. The lowest BCUT2D eigenvalue weighted by Gasteiger charge is -2.22. The fourth-order valence-corrected chi connectivity index (χ4v) is 3.34. The SMILES string of the molecule is Cn1cnc2cc(C(CN)C3CCCC3)ccc21. The van der Waals surface area contributed by atoms with Gasteiger partial charge in [0.15, 0.2) is 0 Å². The molecule has 2 N–H and O–H groups in total. The van der Waals surface area contributed by atoms with Crippen LogP contribution in [0.2, 0.25) is 0 Å². The van der Waals surface area contributed by atoms with Crippen molar-refractivity contribution in [3.63, 3.8) is 0 Å². The minimum atomic E-state index is 0.513. The Morgan fingerprint density at radius 3 is 2.89 bits per heavy atom. The molecule has 1 unspecified atom stereocenters. The van der Waals surface area contributed by atoms with Crippen LogP contribution in [-0.2, 0) is 7.05 Å². The van der Waals surface area contributed by atoms with Crippen LogP contribution in [0.4, 0.5) is 0 Å². The molecule has 1 heterocycles. The fraction of sp³-hybridized carbons (Fsp3) is 0.533. The monoisotopic (exact) mass is 243 g/mol. The number of aromatic nitrogens is 2. The Balaban J connectivity index is 1.96. The van der Waals surface area contributed by atoms with Crippen molar-refractivity contribution in [2.45, 2.75) is 31.6 Å². The zero-order valence-corrected chi connectivity index (χ0v) is 11.0. The Hall–Kier alpha value is -1.35. The van der Waals surface area contributed by atoms with E-state index in [2.05, 4.69) is 27.8 Å². The molecule has 1 aliphatic rings. The Morgan fingerprint density at radius 1 is 1.39 bits per heavy atom. The summed E-state index contributed by atoms with van der Waals surface area (Å²) in [5.41, 5.74) is 9.66. The van der Waals surface area contributed by atoms with E-state index in [1.165, 1.54) is 36.8 Å².